The van der Waals surface area contributed by atoms with Crippen molar-refractivity contribution >= 4 is 11.7 Å². The first-order valence-electron chi connectivity index (χ1n) is 13.6. The van der Waals surface area contributed by atoms with Crippen molar-refractivity contribution in [1.29, 1.82) is 0 Å². The number of ketones is 1. The second-order valence-electron chi connectivity index (χ2n) is 11.8. The minimum Gasteiger partial charge on any atom is -0.510 e. The number of nitrogens with zero attached hydrogens (tertiary/aromatic N) is 1. The third kappa shape index (κ3) is 4.05. The Morgan fingerprint density at radius 1 is 1.21 bits per heavy atom. The molecule has 0 fully saturated rings. The number of aromatic hydroxyl groups is 1. The van der Waals surface area contributed by atoms with E-state index in [0.29, 0.717) is 18.8 Å². The summed E-state index contributed by atoms with van der Waals surface area (Å²) in [5.74, 6) is -2.98. The van der Waals surface area contributed by atoms with Gasteiger partial charge < -0.3 is 26.2 Å². The fourth-order valence-corrected chi connectivity index (χ4v) is 7.36. The van der Waals surface area contributed by atoms with Gasteiger partial charge in [-0.3, -0.25) is 14.5 Å². The van der Waals surface area contributed by atoms with Gasteiger partial charge in [0, 0.05) is 17.9 Å². The van der Waals surface area contributed by atoms with Crippen molar-refractivity contribution in [2.45, 2.75) is 69.9 Å². The highest BCUT2D eigenvalue weighted by atomic mass is 16.3. The lowest BCUT2D eigenvalue weighted by atomic mass is 9.59. The third-order valence-corrected chi connectivity index (χ3v) is 9.29. The number of amides is 1. The topological polar surface area (TPSA) is 144 Å². The Balaban J connectivity index is 1.58. The van der Waals surface area contributed by atoms with Gasteiger partial charge in [-0.2, -0.15) is 0 Å². The molecule has 5 unspecified atom stereocenters. The molecule has 0 aromatic heterocycles. The zero-order chi connectivity index (χ0) is 27.5. The third-order valence-electron chi connectivity index (χ3n) is 9.29. The molecular formula is C30H38N2O6. The average molecular weight is 523 g/mol. The van der Waals surface area contributed by atoms with Crippen LogP contribution in [-0.4, -0.2) is 62.8 Å². The van der Waals surface area contributed by atoms with E-state index in [1.807, 2.05) is 6.07 Å². The summed E-state index contributed by atoms with van der Waals surface area (Å²) in [5, 5.41) is 45.0. The predicted octanol–water partition coefficient (Wildman–Crippen LogP) is 3.62. The summed E-state index contributed by atoms with van der Waals surface area (Å²) in [6.07, 6.45) is 8.02. The number of aliphatic hydroxyl groups is 3. The van der Waals surface area contributed by atoms with Crippen LogP contribution in [0.2, 0.25) is 0 Å². The molecule has 8 heteroatoms. The molecule has 1 aromatic rings. The number of hydrogen-bond acceptors (Lipinski definition) is 7. The lowest BCUT2D eigenvalue weighted by Crippen LogP contribution is -2.59. The molecule has 0 saturated heterocycles. The molecule has 5 rings (SSSR count). The molecule has 6 N–H and O–H groups in total. The maximum atomic E-state index is 13.9. The van der Waals surface area contributed by atoms with Gasteiger partial charge in [-0.1, -0.05) is 24.6 Å². The number of primary amides is 1. The lowest BCUT2D eigenvalue weighted by Gasteiger charge is -2.51. The first-order chi connectivity index (χ1) is 18.0. The molecule has 1 aromatic carbocycles. The molecule has 0 aliphatic heterocycles. The number of carbonyl (C=O) groups excluding carboxylic acids is 2. The Bertz CT molecular complexity index is 1290. The van der Waals surface area contributed by atoms with E-state index in [9.17, 15) is 30.0 Å². The minimum absolute atomic E-state index is 0.0782. The van der Waals surface area contributed by atoms with E-state index in [1.165, 1.54) is 18.4 Å². The van der Waals surface area contributed by atoms with Crippen LogP contribution in [0.15, 0.2) is 46.4 Å². The molecule has 38 heavy (non-hydrogen) atoms. The Labute approximate surface area is 223 Å². The molecule has 204 valence electrons. The van der Waals surface area contributed by atoms with Crippen molar-refractivity contribution in [2.24, 2.45) is 23.5 Å². The van der Waals surface area contributed by atoms with Gasteiger partial charge in [0.2, 0.25) is 5.91 Å². The van der Waals surface area contributed by atoms with Gasteiger partial charge >= 0.3 is 0 Å². The Morgan fingerprint density at radius 3 is 2.58 bits per heavy atom. The summed E-state index contributed by atoms with van der Waals surface area (Å²) in [4.78, 5) is 27.7. The van der Waals surface area contributed by atoms with E-state index in [0.717, 1.165) is 30.4 Å². The number of rotatable bonds is 5. The van der Waals surface area contributed by atoms with Crippen molar-refractivity contribution in [3.63, 3.8) is 0 Å². The molecule has 0 radical (unpaired) electrons. The van der Waals surface area contributed by atoms with Gasteiger partial charge in [-0.15, -0.1) is 0 Å². The Hall–Kier alpha value is -3.10. The van der Waals surface area contributed by atoms with E-state index < -0.39 is 40.9 Å². The van der Waals surface area contributed by atoms with Crippen molar-refractivity contribution < 1.29 is 30.0 Å². The number of Topliss-reactive ketones (excluding diaryl/α,β-unsaturated/α-hetero) is 1. The number of aliphatic hydroxyl groups excluding tert-OH is 2. The number of phenolic OH excluding ortho intramolecular Hbond substituents is 1. The molecule has 4 aliphatic carbocycles. The normalized spacial score (nSPS) is 30.0. The number of phenols is 1. The second-order valence-corrected chi connectivity index (χ2v) is 11.8. The molecular weight excluding hydrogens is 484 g/mol. The van der Waals surface area contributed by atoms with Crippen LogP contribution in [0.25, 0.3) is 0 Å². The van der Waals surface area contributed by atoms with Crippen LogP contribution in [0.1, 0.15) is 66.9 Å². The highest BCUT2D eigenvalue weighted by Crippen LogP contribution is 2.53. The molecule has 8 nitrogen and oxygen atoms in total. The summed E-state index contributed by atoms with van der Waals surface area (Å²) in [6.45, 7) is 2.20. The van der Waals surface area contributed by atoms with Crippen molar-refractivity contribution in [3.8, 4) is 5.75 Å². The first kappa shape index (κ1) is 26.5. The van der Waals surface area contributed by atoms with Crippen LogP contribution < -0.4 is 5.73 Å². The Kier molecular flexibility index (Phi) is 6.68. The molecule has 1 amide bonds. The van der Waals surface area contributed by atoms with E-state index in [1.54, 1.807) is 25.1 Å². The summed E-state index contributed by atoms with van der Waals surface area (Å²) < 4.78 is 0. The molecule has 0 heterocycles. The summed E-state index contributed by atoms with van der Waals surface area (Å²) >= 11 is 0. The van der Waals surface area contributed by atoms with Crippen molar-refractivity contribution in [1.82, 2.24) is 4.90 Å². The number of nitrogens with two attached hydrogens (primary N) is 1. The zero-order valence-electron chi connectivity index (χ0n) is 22.3. The summed E-state index contributed by atoms with van der Waals surface area (Å²) in [7, 11) is 3.45. The minimum atomic E-state index is -1.94. The molecule has 0 saturated carbocycles. The number of likely N-dealkylation sites (N-methyl/N-ethyl adjacent to an activating group) is 1. The van der Waals surface area contributed by atoms with Gasteiger partial charge in [-0.05, 0) is 88.1 Å². The second kappa shape index (κ2) is 9.58. The molecule has 0 spiro atoms. The zero-order valence-corrected chi connectivity index (χ0v) is 22.3. The molecule has 4 aliphatic rings. The number of fused-ring (bicyclic) bond motifs is 3. The fourth-order valence-electron chi connectivity index (χ4n) is 7.36. The average Bonchev–Trinajstić information content (AvgIpc) is 2.87. The van der Waals surface area contributed by atoms with Crippen LogP contribution >= 0.6 is 0 Å². The maximum Gasteiger partial charge on any atom is 0.248 e. The maximum absolute atomic E-state index is 13.9. The van der Waals surface area contributed by atoms with Gasteiger partial charge in [0.05, 0.1) is 17.2 Å². The van der Waals surface area contributed by atoms with Gasteiger partial charge in [-0.25, -0.2) is 0 Å². The van der Waals surface area contributed by atoms with Gasteiger partial charge in [0.25, 0.3) is 0 Å². The Morgan fingerprint density at radius 2 is 1.95 bits per heavy atom. The molecule has 5 atom stereocenters. The standard InChI is InChI=1S/C30H38N2O6/c1-15(16-7-5-4-6-8-16)11-17-9-10-22(33)24-19(17)12-18-13-21-25(32(2)3)26(34)20(29(31)37)14-30(21,38)28(36)23(18)27(24)35/h7,9-10,15,18,21,25,33-34,36,38H,4-6,8,11-14H2,1-3H3,(H2,31,37). The van der Waals surface area contributed by atoms with E-state index in [2.05, 4.69) is 13.0 Å². The highest BCUT2D eigenvalue weighted by molar-refractivity contribution is 6.13. The molecule has 0 bridgehead atoms. The van der Waals surface area contributed by atoms with Crippen LogP contribution in [0.4, 0.5) is 0 Å². The lowest BCUT2D eigenvalue weighted by molar-refractivity contribution is -0.118. The van der Waals surface area contributed by atoms with Crippen molar-refractivity contribution in [2.75, 3.05) is 14.1 Å². The smallest absolute Gasteiger partial charge is 0.248 e. The van der Waals surface area contributed by atoms with E-state index in [-0.39, 0.29) is 34.6 Å². The number of benzene rings is 1. The fraction of sp³-hybridized carbons (Fsp3) is 0.533. The SMILES string of the molecule is CC(Cc1ccc(O)c2c1CC1CC3C(N(C)C)C(O)=C(C(N)=O)CC3(O)C(O)=C1C2=O)C1=CCCCC1. The van der Waals surface area contributed by atoms with Crippen LogP contribution in [-0.2, 0) is 17.6 Å². The van der Waals surface area contributed by atoms with E-state index >= 15 is 0 Å². The highest BCUT2D eigenvalue weighted by Gasteiger charge is 2.58. The van der Waals surface area contributed by atoms with Crippen LogP contribution in [0.3, 0.4) is 0 Å². The number of allylic oxidation sites excluding steroid dienone is 3. The predicted molar refractivity (Wildman–Crippen MR) is 143 cm³/mol. The van der Waals surface area contributed by atoms with Crippen LogP contribution in [0.5, 0.6) is 5.75 Å². The van der Waals surface area contributed by atoms with Gasteiger partial charge in [0.15, 0.2) is 5.78 Å². The van der Waals surface area contributed by atoms with E-state index in [4.69, 9.17) is 5.73 Å². The number of carbonyl (C=O) groups is 2. The number of hydrogen-bond donors (Lipinski definition) is 5. The summed E-state index contributed by atoms with van der Waals surface area (Å²) in [6, 6.07) is 2.67. The monoisotopic (exact) mass is 522 g/mol. The van der Waals surface area contributed by atoms with Crippen molar-refractivity contribution in [3.05, 3.63) is 63.1 Å². The largest absolute Gasteiger partial charge is 0.510 e. The quantitative estimate of drug-likeness (QED) is 0.372. The van der Waals surface area contributed by atoms with Crippen LogP contribution in [0, 0.1) is 17.8 Å². The van der Waals surface area contributed by atoms with Gasteiger partial charge in [0.1, 0.15) is 22.9 Å². The first-order valence-corrected chi connectivity index (χ1v) is 13.6. The summed E-state index contributed by atoms with van der Waals surface area (Å²) in [5.41, 5.74) is 6.90.